The highest BCUT2D eigenvalue weighted by Crippen LogP contribution is 2.36. The molecule has 0 bridgehead atoms. The lowest BCUT2D eigenvalue weighted by molar-refractivity contribution is 0.185. The van der Waals surface area contributed by atoms with Gasteiger partial charge < -0.3 is 4.74 Å². The standard InChI is InChI=1S/C16H20F2O/c1-19-11-13-4-8-15(9-5-13)14-6-2-12(3-7-14)10-16(17)18/h4-5,8-10,12,14H,2-3,6-7,11H2,1H3/t12-,14-. The molecule has 0 aliphatic heterocycles. The zero-order chi connectivity index (χ0) is 13.7. The number of halogens is 2. The molecule has 0 heterocycles. The van der Waals surface area contributed by atoms with Gasteiger partial charge in [0.15, 0.2) is 0 Å². The van der Waals surface area contributed by atoms with E-state index in [-0.39, 0.29) is 5.92 Å². The second kappa shape index (κ2) is 6.80. The van der Waals surface area contributed by atoms with Crippen molar-refractivity contribution in [3.63, 3.8) is 0 Å². The molecule has 1 nitrogen and oxygen atoms in total. The molecule has 0 saturated heterocycles. The van der Waals surface area contributed by atoms with Gasteiger partial charge in [-0.3, -0.25) is 0 Å². The normalized spacial score (nSPS) is 23.1. The van der Waals surface area contributed by atoms with Crippen LogP contribution in [0, 0.1) is 5.92 Å². The number of benzene rings is 1. The molecule has 1 saturated carbocycles. The maximum absolute atomic E-state index is 12.2. The van der Waals surface area contributed by atoms with E-state index < -0.39 is 6.08 Å². The third-order valence-corrected chi connectivity index (χ3v) is 3.90. The first kappa shape index (κ1) is 14.2. The predicted octanol–water partition coefficient (Wildman–Crippen LogP) is 4.89. The molecule has 0 unspecified atom stereocenters. The van der Waals surface area contributed by atoms with E-state index in [1.807, 2.05) is 0 Å². The number of hydrogen-bond acceptors (Lipinski definition) is 1. The molecule has 0 N–H and O–H groups in total. The summed E-state index contributed by atoms with van der Waals surface area (Å²) >= 11 is 0. The fourth-order valence-electron chi connectivity index (χ4n) is 2.85. The summed E-state index contributed by atoms with van der Waals surface area (Å²) in [5, 5.41) is 0. The topological polar surface area (TPSA) is 9.23 Å². The van der Waals surface area contributed by atoms with Crippen LogP contribution in [0.25, 0.3) is 0 Å². The number of ether oxygens (including phenoxy) is 1. The van der Waals surface area contributed by atoms with Crippen molar-refractivity contribution in [2.75, 3.05) is 7.11 Å². The Morgan fingerprint density at radius 2 is 1.79 bits per heavy atom. The van der Waals surface area contributed by atoms with Crippen molar-refractivity contribution in [1.82, 2.24) is 0 Å². The summed E-state index contributed by atoms with van der Waals surface area (Å²) in [5.74, 6) is 0.581. The van der Waals surface area contributed by atoms with Crippen molar-refractivity contribution in [1.29, 1.82) is 0 Å². The van der Waals surface area contributed by atoms with Gasteiger partial charge in [0.25, 0.3) is 6.08 Å². The molecule has 0 amide bonds. The lowest BCUT2D eigenvalue weighted by atomic mass is 9.78. The maximum Gasteiger partial charge on any atom is 0.266 e. The second-order valence-corrected chi connectivity index (χ2v) is 5.24. The van der Waals surface area contributed by atoms with Gasteiger partial charge in [0, 0.05) is 7.11 Å². The molecule has 0 atom stereocenters. The Morgan fingerprint density at radius 1 is 1.16 bits per heavy atom. The van der Waals surface area contributed by atoms with Crippen LogP contribution >= 0.6 is 0 Å². The van der Waals surface area contributed by atoms with E-state index in [1.54, 1.807) is 7.11 Å². The molecule has 2 rings (SSSR count). The first-order valence-electron chi connectivity index (χ1n) is 6.79. The molecule has 104 valence electrons. The Morgan fingerprint density at radius 3 is 2.32 bits per heavy atom. The summed E-state index contributed by atoms with van der Waals surface area (Å²) in [5.41, 5.74) is 2.49. The highest BCUT2D eigenvalue weighted by atomic mass is 19.3. The number of hydrogen-bond donors (Lipinski definition) is 0. The van der Waals surface area contributed by atoms with Crippen molar-refractivity contribution in [3.8, 4) is 0 Å². The summed E-state index contributed by atoms with van der Waals surface area (Å²) in [7, 11) is 1.69. The average Bonchev–Trinajstić information content (AvgIpc) is 2.40. The van der Waals surface area contributed by atoms with E-state index in [0.29, 0.717) is 12.5 Å². The fourth-order valence-corrected chi connectivity index (χ4v) is 2.85. The van der Waals surface area contributed by atoms with Crippen LogP contribution in [0.3, 0.4) is 0 Å². The lowest BCUT2D eigenvalue weighted by Crippen LogP contribution is -2.12. The van der Waals surface area contributed by atoms with Crippen molar-refractivity contribution in [2.24, 2.45) is 5.92 Å². The largest absolute Gasteiger partial charge is 0.380 e. The van der Waals surface area contributed by atoms with Crippen LogP contribution in [0.1, 0.15) is 42.7 Å². The van der Waals surface area contributed by atoms with Crippen LogP contribution in [0.5, 0.6) is 0 Å². The molecular weight excluding hydrogens is 246 g/mol. The summed E-state index contributed by atoms with van der Waals surface area (Å²) < 4.78 is 29.5. The first-order chi connectivity index (χ1) is 9.19. The van der Waals surface area contributed by atoms with Crippen LogP contribution in [-0.2, 0) is 11.3 Å². The van der Waals surface area contributed by atoms with Gasteiger partial charge in [-0.1, -0.05) is 24.3 Å². The van der Waals surface area contributed by atoms with Gasteiger partial charge in [0.05, 0.1) is 6.61 Å². The molecule has 1 fully saturated rings. The molecular formula is C16H20F2O. The van der Waals surface area contributed by atoms with Crippen LogP contribution in [-0.4, -0.2) is 7.11 Å². The zero-order valence-corrected chi connectivity index (χ0v) is 11.2. The zero-order valence-electron chi connectivity index (χ0n) is 11.2. The Kier molecular flexibility index (Phi) is 5.08. The first-order valence-corrected chi connectivity index (χ1v) is 6.79. The number of allylic oxidation sites excluding steroid dienone is 1. The van der Waals surface area contributed by atoms with Crippen molar-refractivity contribution >= 4 is 0 Å². The Bertz CT molecular complexity index is 413. The van der Waals surface area contributed by atoms with Gasteiger partial charge >= 0.3 is 0 Å². The Hall–Kier alpha value is -1.22. The van der Waals surface area contributed by atoms with Crippen LogP contribution < -0.4 is 0 Å². The fraction of sp³-hybridized carbons (Fsp3) is 0.500. The Labute approximate surface area is 113 Å². The molecule has 1 aliphatic rings. The van der Waals surface area contributed by atoms with E-state index in [9.17, 15) is 8.78 Å². The predicted molar refractivity (Wildman–Crippen MR) is 72.2 cm³/mol. The number of methoxy groups -OCH3 is 1. The molecule has 0 aromatic heterocycles. The van der Waals surface area contributed by atoms with E-state index in [4.69, 9.17) is 4.74 Å². The van der Waals surface area contributed by atoms with E-state index in [2.05, 4.69) is 24.3 Å². The van der Waals surface area contributed by atoms with Crippen LogP contribution in [0.15, 0.2) is 36.4 Å². The summed E-state index contributed by atoms with van der Waals surface area (Å²) in [6.07, 6.45) is 3.31. The molecule has 1 aliphatic carbocycles. The monoisotopic (exact) mass is 266 g/mol. The molecule has 19 heavy (non-hydrogen) atoms. The average molecular weight is 266 g/mol. The SMILES string of the molecule is COCc1ccc([C@H]2CC[C@H](C=C(F)F)CC2)cc1. The maximum atomic E-state index is 12.2. The molecule has 0 spiro atoms. The van der Waals surface area contributed by atoms with Crippen LogP contribution in [0.2, 0.25) is 0 Å². The third-order valence-electron chi connectivity index (χ3n) is 3.90. The lowest BCUT2D eigenvalue weighted by Gasteiger charge is -2.26. The molecule has 0 radical (unpaired) electrons. The van der Waals surface area contributed by atoms with Crippen LogP contribution in [0.4, 0.5) is 8.78 Å². The number of rotatable bonds is 4. The quantitative estimate of drug-likeness (QED) is 0.754. The van der Waals surface area contributed by atoms with Gasteiger partial charge in [-0.2, -0.15) is 8.78 Å². The summed E-state index contributed by atoms with van der Waals surface area (Å²) in [6.45, 7) is 0.633. The van der Waals surface area contributed by atoms with E-state index in [0.717, 1.165) is 31.8 Å². The molecule has 3 heteroatoms. The Balaban J connectivity index is 1.92. The molecule has 1 aromatic carbocycles. The van der Waals surface area contributed by atoms with Crippen molar-refractivity contribution < 1.29 is 13.5 Å². The van der Waals surface area contributed by atoms with Gasteiger partial charge in [-0.15, -0.1) is 0 Å². The summed E-state index contributed by atoms with van der Waals surface area (Å²) in [4.78, 5) is 0. The minimum atomic E-state index is -1.53. The highest BCUT2D eigenvalue weighted by molar-refractivity contribution is 5.25. The summed E-state index contributed by atoms with van der Waals surface area (Å²) in [6, 6.07) is 8.47. The van der Waals surface area contributed by atoms with E-state index in [1.165, 1.54) is 11.1 Å². The van der Waals surface area contributed by atoms with Crippen molar-refractivity contribution in [3.05, 3.63) is 47.5 Å². The molecule has 1 aromatic rings. The van der Waals surface area contributed by atoms with Gasteiger partial charge in [-0.05, 0) is 54.7 Å². The minimum absolute atomic E-state index is 0.0639. The van der Waals surface area contributed by atoms with Gasteiger partial charge in [-0.25, -0.2) is 0 Å². The second-order valence-electron chi connectivity index (χ2n) is 5.24. The van der Waals surface area contributed by atoms with Gasteiger partial charge in [0.1, 0.15) is 0 Å². The third kappa shape index (κ3) is 4.13. The van der Waals surface area contributed by atoms with E-state index >= 15 is 0 Å². The minimum Gasteiger partial charge on any atom is -0.380 e. The van der Waals surface area contributed by atoms with Crippen molar-refractivity contribution in [2.45, 2.75) is 38.2 Å². The smallest absolute Gasteiger partial charge is 0.266 e. The van der Waals surface area contributed by atoms with Gasteiger partial charge in [0.2, 0.25) is 0 Å². The highest BCUT2D eigenvalue weighted by Gasteiger charge is 2.21.